The van der Waals surface area contributed by atoms with Gasteiger partial charge < -0.3 is 10.5 Å². The van der Waals surface area contributed by atoms with Crippen LogP contribution in [0.5, 0.6) is 0 Å². The summed E-state index contributed by atoms with van der Waals surface area (Å²) < 4.78 is 5.30. The summed E-state index contributed by atoms with van der Waals surface area (Å²) in [6, 6.07) is 15.3. The molecule has 0 aliphatic rings. The van der Waals surface area contributed by atoms with E-state index in [1.807, 2.05) is 30.3 Å². The minimum atomic E-state index is -0.629. The smallest absolute Gasteiger partial charge is 0.323 e. The first kappa shape index (κ1) is 17.2. The van der Waals surface area contributed by atoms with E-state index in [0.717, 1.165) is 24.0 Å². The van der Waals surface area contributed by atoms with Crippen LogP contribution in [-0.2, 0) is 35.4 Å². The van der Waals surface area contributed by atoms with Gasteiger partial charge in [0.15, 0.2) is 0 Å². The second kappa shape index (κ2) is 8.49. The minimum absolute atomic E-state index is 0.266. The Morgan fingerprint density at radius 3 is 2.35 bits per heavy atom. The average Bonchev–Trinajstić information content (AvgIpc) is 2.60. The Balaban J connectivity index is 1.93. The topological polar surface area (TPSA) is 52.3 Å². The van der Waals surface area contributed by atoms with Gasteiger partial charge in [-0.1, -0.05) is 62.4 Å². The van der Waals surface area contributed by atoms with Crippen molar-refractivity contribution in [3.63, 3.8) is 0 Å². The standard InChI is InChI=1S/C20H25NO2/c1-3-17-11-10-16(12-18(17)4-2)13-19(21)20(22)23-14-15-8-6-5-7-9-15/h5-12,19H,3-4,13-14,21H2,1-2H3/t19-/m1/s1. The summed E-state index contributed by atoms with van der Waals surface area (Å²) >= 11 is 0. The third kappa shape index (κ3) is 4.93. The molecule has 0 spiro atoms. The van der Waals surface area contributed by atoms with Gasteiger partial charge in [-0.2, -0.15) is 0 Å². The van der Waals surface area contributed by atoms with E-state index in [1.54, 1.807) is 0 Å². The fourth-order valence-corrected chi connectivity index (χ4v) is 2.65. The number of ether oxygens (including phenoxy) is 1. The lowest BCUT2D eigenvalue weighted by Crippen LogP contribution is -2.34. The fourth-order valence-electron chi connectivity index (χ4n) is 2.65. The van der Waals surface area contributed by atoms with Crippen LogP contribution in [-0.4, -0.2) is 12.0 Å². The van der Waals surface area contributed by atoms with Crippen LogP contribution in [0.25, 0.3) is 0 Å². The van der Waals surface area contributed by atoms with Gasteiger partial charge in [0, 0.05) is 0 Å². The molecule has 2 N–H and O–H groups in total. The van der Waals surface area contributed by atoms with Crippen molar-refractivity contribution in [1.82, 2.24) is 0 Å². The van der Waals surface area contributed by atoms with Gasteiger partial charge >= 0.3 is 5.97 Å². The van der Waals surface area contributed by atoms with E-state index in [9.17, 15) is 4.79 Å². The van der Waals surface area contributed by atoms with E-state index < -0.39 is 6.04 Å². The van der Waals surface area contributed by atoms with E-state index >= 15 is 0 Å². The molecule has 0 unspecified atom stereocenters. The van der Waals surface area contributed by atoms with E-state index in [2.05, 4.69) is 32.0 Å². The number of hydrogen-bond acceptors (Lipinski definition) is 3. The van der Waals surface area contributed by atoms with Crippen LogP contribution in [0.15, 0.2) is 48.5 Å². The molecule has 0 saturated heterocycles. The van der Waals surface area contributed by atoms with Crippen LogP contribution >= 0.6 is 0 Å². The van der Waals surface area contributed by atoms with Crippen molar-refractivity contribution in [1.29, 1.82) is 0 Å². The van der Waals surface area contributed by atoms with E-state index in [0.29, 0.717) is 6.42 Å². The highest BCUT2D eigenvalue weighted by Gasteiger charge is 2.16. The third-order valence-corrected chi connectivity index (χ3v) is 4.01. The first-order chi connectivity index (χ1) is 11.1. The SMILES string of the molecule is CCc1ccc(C[C@@H](N)C(=O)OCc2ccccc2)cc1CC. The van der Waals surface area contributed by atoms with Gasteiger partial charge in [-0.3, -0.25) is 4.79 Å². The number of aryl methyl sites for hydroxylation is 2. The van der Waals surface area contributed by atoms with E-state index in [-0.39, 0.29) is 12.6 Å². The van der Waals surface area contributed by atoms with Gasteiger partial charge in [0.2, 0.25) is 0 Å². The summed E-state index contributed by atoms with van der Waals surface area (Å²) in [5.41, 5.74) is 10.7. The molecule has 2 aromatic carbocycles. The molecule has 0 aliphatic heterocycles. The van der Waals surface area contributed by atoms with E-state index in [1.165, 1.54) is 11.1 Å². The Morgan fingerprint density at radius 2 is 1.70 bits per heavy atom. The second-order valence-corrected chi connectivity index (χ2v) is 5.71. The van der Waals surface area contributed by atoms with Crippen LogP contribution in [0, 0.1) is 0 Å². The van der Waals surface area contributed by atoms with Crippen molar-refractivity contribution in [3.05, 3.63) is 70.8 Å². The van der Waals surface area contributed by atoms with Crippen LogP contribution in [0.1, 0.15) is 36.1 Å². The zero-order chi connectivity index (χ0) is 16.7. The summed E-state index contributed by atoms with van der Waals surface area (Å²) in [5, 5.41) is 0. The maximum absolute atomic E-state index is 12.1. The number of nitrogens with two attached hydrogens (primary N) is 1. The molecule has 0 heterocycles. The van der Waals surface area contributed by atoms with Gasteiger partial charge in [-0.05, 0) is 41.5 Å². The summed E-state index contributed by atoms with van der Waals surface area (Å²) in [6.45, 7) is 4.57. The molecule has 0 saturated carbocycles. The van der Waals surface area contributed by atoms with Gasteiger partial charge in [0.05, 0.1) is 0 Å². The van der Waals surface area contributed by atoms with Crippen LogP contribution in [0.4, 0.5) is 0 Å². The third-order valence-electron chi connectivity index (χ3n) is 4.01. The summed E-state index contributed by atoms with van der Waals surface area (Å²) in [7, 11) is 0. The molecule has 0 aliphatic carbocycles. The highest BCUT2D eigenvalue weighted by Crippen LogP contribution is 2.15. The highest BCUT2D eigenvalue weighted by molar-refractivity contribution is 5.75. The molecule has 2 aromatic rings. The minimum Gasteiger partial charge on any atom is -0.460 e. The molecular formula is C20H25NO2. The van der Waals surface area contributed by atoms with Crippen molar-refractivity contribution in [2.75, 3.05) is 0 Å². The van der Waals surface area contributed by atoms with Crippen molar-refractivity contribution in [2.24, 2.45) is 5.73 Å². The number of rotatable bonds is 7. The molecule has 0 aromatic heterocycles. The molecule has 122 valence electrons. The molecule has 0 fully saturated rings. The molecule has 3 nitrogen and oxygen atoms in total. The lowest BCUT2D eigenvalue weighted by Gasteiger charge is -2.14. The van der Waals surface area contributed by atoms with Gasteiger partial charge in [-0.15, -0.1) is 0 Å². The van der Waals surface area contributed by atoms with Gasteiger partial charge in [0.25, 0.3) is 0 Å². The summed E-state index contributed by atoms with van der Waals surface area (Å²) in [4.78, 5) is 12.1. The number of esters is 1. The van der Waals surface area contributed by atoms with Crippen molar-refractivity contribution in [2.45, 2.75) is 45.8 Å². The Labute approximate surface area is 138 Å². The first-order valence-corrected chi connectivity index (χ1v) is 8.20. The maximum Gasteiger partial charge on any atom is 0.323 e. The summed E-state index contributed by atoms with van der Waals surface area (Å²) in [6.07, 6.45) is 2.52. The van der Waals surface area contributed by atoms with Gasteiger partial charge in [0.1, 0.15) is 12.6 Å². The first-order valence-electron chi connectivity index (χ1n) is 8.20. The predicted molar refractivity (Wildman–Crippen MR) is 93.1 cm³/mol. The fraction of sp³-hybridized carbons (Fsp3) is 0.350. The second-order valence-electron chi connectivity index (χ2n) is 5.71. The number of carbonyl (C=O) groups is 1. The molecule has 0 bridgehead atoms. The van der Waals surface area contributed by atoms with Crippen LogP contribution in [0.2, 0.25) is 0 Å². The van der Waals surface area contributed by atoms with Crippen molar-refractivity contribution in [3.8, 4) is 0 Å². The average molecular weight is 311 g/mol. The molecule has 0 radical (unpaired) electrons. The molecule has 3 heteroatoms. The lowest BCUT2D eigenvalue weighted by atomic mass is 9.97. The Bertz CT molecular complexity index is 637. The molecule has 2 rings (SSSR count). The largest absolute Gasteiger partial charge is 0.460 e. The molecule has 1 atom stereocenters. The van der Waals surface area contributed by atoms with Crippen molar-refractivity contribution >= 4 is 5.97 Å². The zero-order valence-corrected chi connectivity index (χ0v) is 13.9. The molecular weight excluding hydrogens is 286 g/mol. The molecule has 23 heavy (non-hydrogen) atoms. The highest BCUT2D eigenvalue weighted by atomic mass is 16.5. The number of carbonyl (C=O) groups excluding carboxylic acids is 1. The number of benzene rings is 2. The zero-order valence-electron chi connectivity index (χ0n) is 13.9. The quantitative estimate of drug-likeness (QED) is 0.797. The monoisotopic (exact) mass is 311 g/mol. The maximum atomic E-state index is 12.1. The lowest BCUT2D eigenvalue weighted by molar-refractivity contribution is -0.146. The number of hydrogen-bond donors (Lipinski definition) is 1. The predicted octanol–water partition coefficient (Wildman–Crippen LogP) is 3.42. The normalized spacial score (nSPS) is 12.0. The van der Waals surface area contributed by atoms with Gasteiger partial charge in [-0.25, -0.2) is 0 Å². The molecule has 0 amide bonds. The Hall–Kier alpha value is -2.13. The Morgan fingerprint density at radius 1 is 1.00 bits per heavy atom. The Kier molecular flexibility index (Phi) is 6.36. The summed E-state index contributed by atoms with van der Waals surface area (Å²) in [5.74, 6) is -0.355. The van der Waals surface area contributed by atoms with Crippen molar-refractivity contribution < 1.29 is 9.53 Å². The van der Waals surface area contributed by atoms with E-state index in [4.69, 9.17) is 10.5 Å². The van der Waals surface area contributed by atoms with Crippen LogP contribution < -0.4 is 5.73 Å². The van der Waals surface area contributed by atoms with Crippen LogP contribution in [0.3, 0.4) is 0 Å².